The van der Waals surface area contributed by atoms with E-state index in [0.29, 0.717) is 32.6 Å². The van der Waals surface area contributed by atoms with Crippen LogP contribution in [0.25, 0.3) is 0 Å². The summed E-state index contributed by atoms with van der Waals surface area (Å²) in [6.45, 7) is 6.55. The predicted molar refractivity (Wildman–Crippen MR) is 111 cm³/mol. The minimum Gasteiger partial charge on any atom is -0.352 e. The summed E-state index contributed by atoms with van der Waals surface area (Å²) < 4.78 is 23.6. The Morgan fingerprint density at radius 2 is 1.86 bits per heavy atom. The monoisotopic (exact) mass is 406 g/mol. The van der Waals surface area contributed by atoms with Crippen molar-refractivity contribution in [2.75, 3.05) is 32.4 Å². The van der Waals surface area contributed by atoms with Crippen LogP contribution in [-0.4, -0.2) is 67.3 Å². The summed E-state index contributed by atoms with van der Waals surface area (Å²) in [5.41, 5.74) is 2.24. The van der Waals surface area contributed by atoms with Crippen molar-refractivity contribution in [3.05, 3.63) is 35.4 Å². The third kappa shape index (κ3) is 4.48. The molecule has 0 aliphatic carbocycles. The predicted octanol–water partition coefficient (Wildman–Crippen LogP) is 1.39. The summed E-state index contributed by atoms with van der Waals surface area (Å²) in [7, 11) is -1.36. The van der Waals surface area contributed by atoms with Gasteiger partial charge >= 0.3 is 0 Å². The Labute approximate surface area is 167 Å². The minimum atomic E-state index is -3.07. The van der Waals surface area contributed by atoms with Crippen molar-refractivity contribution in [1.82, 2.24) is 15.1 Å². The number of hydrogen-bond donors (Lipinski definition) is 1. The van der Waals surface area contributed by atoms with Crippen molar-refractivity contribution in [1.29, 1.82) is 0 Å². The van der Waals surface area contributed by atoms with Gasteiger partial charge < -0.3 is 15.1 Å². The van der Waals surface area contributed by atoms with Gasteiger partial charge in [-0.3, -0.25) is 9.79 Å². The molecule has 0 aromatic heterocycles. The molecule has 154 valence electrons. The maximum atomic E-state index is 12.2. The maximum Gasteiger partial charge on any atom is 0.222 e. The fourth-order valence-corrected chi connectivity index (χ4v) is 5.06. The van der Waals surface area contributed by atoms with Crippen molar-refractivity contribution >= 4 is 21.7 Å². The van der Waals surface area contributed by atoms with Crippen LogP contribution >= 0.6 is 0 Å². The van der Waals surface area contributed by atoms with E-state index < -0.39 is 14.6 Å². The highest BCUT2D eigenvalue weighted by Gasteiger charge is 2.40. The van der Waals surface area contributed by atoms with Gasteiger partial charge in [-0.15, -0.1) is 0 Å². The highest BCUT2D eigenvalue weighted by atomic mass is 32.2. The molecule has 1 N–H and O–H groups in total. The summed E-state index contributed by atoms with van der Waals surface area (Å²) in [4.78, 5) is 20.0. The molecule has 1 aromatic carbocycles. The number of aliphatic imine (C=N–C) groups is 1. The van der Waals surface area contributed by atoms with Crippen molar-refractivity contribution in [2.45, 2.75) is 44.5 Å². The molecule has 0 atom stereocenters. The van der Waals surface area contributed by atoms with Gasteiger partial charge in [0.2, 0.25) is 5.91 Å². The van der Waals surface area contributed by atoms with E-state index in [1.807, 2.05) is 9.80 Å². The van der Waals surface area contributed by atoms with Gasteiger partial charge in [-0.1, -0.05) is 24.3 Å². The van der Waals surface area contributed by atoms with Gasteiger partial charge in [0.1, 0.15) is 0 Å². The van der Waals surface area contributed by atoms with E-state index in [-0.39, 0.29) is 11.7 Å². The van der Waals surface area contributed by atoms with Crippen LogP contribution in [0.1, 0.15) is 37.8 Å². The zero-order valence-electron chi connectivity index (χ0n) is 16.9. The first-order chi connectivity index (χ1) is 13.2. The molecule has 8 heteroatoms. The van der Waals surface area contributed by atoms with Crippen molar-refractivity contribution in [2.24, 2.45) is 4.99 Å². The number of rotatable bonds is 4. The van der Waals surface area contributed by atoms with Gasteiger partial charge in [0.15, 0.2) is 15.8 Å². The topological polar surface area (TPSA) is 82.1 Å². The first-order valence-corrected chi connectivity index (χ1v) is 11.4. The molecule has 2 aliphatic rings. The molecule has 0 spiro atoms. The standard InChI is InChI=1S/C20H30N4O3S/c1-20(2)15-24(11-12-28(20,26)27)19(21-3)22-13-16-6-8-17(9-7-16)14-23-10-4-5-18(23)25/h6-9H,4-5,10-15H2,1-3H3,(H,21,22). The van der Waals surface area contributed by atoms with Crippen LogP contribution < -0.4 is 5.32 Å². The molecule has 2 heterocycles. The molecule has 7 nitrogen and oxygen atoms in total. The fourth-order valence-electron chi connectivity index (χ4n) is 3.69. The second kappa shape index (κ2) is 8.11. The van der Waals surface area contributed by atoms with Crippen molar-refractivity contribution in [3.63, 3.8) is 0 Å². The summed E-state index contributed by atoms with van der Waals surface area (Å²) in [6, 6.07) is 8.23. The molecule has 2 aliphatic heterocycles. The number of likely N-dealkylation sites (tertiary alicyclic amines) is 1. The lowest BCUT2D eigenvalue weighted by Gasteiger charge is -2.39. The number of carbonyl (C=O) groups is 1. The highest BCUT2D eigenvalue weighted by Crippen LogP contribution is 2.23. The summed E-state index contributed by atoms with van der Waals surface area (Å²) in [6.07, 6.45) is 1.62. The molecule has 0 bridgehead atoms. The second-order valence-corrected chi connectivity index (χ2v) is 10.9. The van der Waals surface area contributed by atoms with Gasteiger partial charge in [0.25, 0.3) is 0 Å². The van der Waals surface area contributed by atoms with Crippen LogP contribution in [0.5, 0.6) is 0 Å². The van der Waals surface area contributed by atoms with E-state index in [2.05, 4.69) is 34.6 Å². The number of hydrogen-bond acceptors (Lipinski definition) is 4. The second-order valence-electron chi connectivity index (χ2n) is 8.14. The smallest absolute Gasteiger partial charge is 0.222 e. The van der Waals surface area contributed by atoms with E-state index in [1.165, 1.54) is 0 Å². The Bertz CT molecular complexity index is 847. The molecule has 3 rings (SSSR count). The average molecular weight is 407 g/mol. The van der Waals surface area contributed by atoms with Crippen LogP contribution in [0.15, 0.2) is 29.3 Å². The van der Waals surface area contributed by atoms with E-state index in [4.69, 9.17) is 0 Å². The van der Waals surface area contributed by atoms with Crippen molar-refractivity contribution in [3.8, 4) is 0 Å². The van der Waals surface area contributed by atoms with Crippen molar-refractivity contribution < 1.29 is 13.2 Å². The number of benzene rings is 1. The zero-order valence-corrected chi connectivity index (χ0v) is 17.8. The first-order valence-electron chi connectivity index (χ1n) is 9.75. The quantitative estimate of drug-likeness (QED) is 0.604. The molecule has 28 heavy (non-hydrogen) atoms. The molecule has 1 aromatic rings. The number of nitrogens with zero attached hydrogens (tertiary/aromatic N) is 3. The van der Waals surface area contributed by atoms with E-state index in [0.717, 1.165) is 30.1 Å². The SMILES string of the molecule is CN=C(NCc1ccc(CN2CCCC2=O)cc1)N1CCS(=O)(=O)C(C)(C)C1. The number of carbonyl (C=O) groups excluding carboxylic acids is 1. The number of amides is 1. The Hall–Kier alpha value is -2.09. The average Bonchev–Trinajstić information content (AvgIpc) is 3.04. The van der Waals surface area contributed by atoms with Crippen LogP contribution in [-0.2, 0) is 27.7 Å². The number of sulfone groups is 1. The third-order valence-electron chi connectivity index (χ3n) is 5.57. The van der Waals surface area contributed by atoms with E-state index in [9.17, 15) is 13.2 Å². The van der Waals surface area contributed by atoms with Gasteiger partial charge in [0, 0.05) is 46.2 Å². The molecular weight excluding hydrogens is 376 g/mol. The molecule has 2 fully saturated rings. The maximum absolute atomic E-state index is 12.2. The first kappa shape index (κ1) is 20.6. The van der Waals surface area contributed by atoms with Gasteiger partial charge in [-0.05, 0) is 31.4 Å². The lowest BCUT2D eigenvalue weighted by Crippen LogP contribution is -2.57. The Morgan fingerprint density at radius 1 is 1.18 bits per heavy atom. The Morgan fingerprint density at radius 3 is 2.43 bits per heavy atom. The number of nitrogens with one attached hydrogen (secondary N) is 1. The van der Waals surface area contributed by atoms with Gasteiger partial charge in [-0.2, -0.15) is 0 Å². The Balaban J connectivity index is 1.56. The van der Waals surface area contributed by atoms with Gasteiger partial charge in [0.05, 0.1) is 10.5 Å². The highest BCUT2D eigenvalue weighted by molar-refractivity contribution is 7.92. The van der Waals surface area contributed by atoms with Crippen LogP contribution in [0.2, 0.25) is 0 Å². The fraction of sp³-hybridized carbons (Fsp3) is 0.600. The van der Waals surface area contributed by atoms with Crippen LogP contribution in [0.4, 0.5) is 0 Å². The van der Waals surface area contributed by atoms with E-state index in [1.54, 1.807) is 20.9 Å². The lowest BCUT2D eigenvalue weighted by atomic mass is 10.1. The summed E-state index contributed by atoms with van der Waals surface area (Å²) >= 11 is 0. The number of guanidine groups is 1. The van der Waals surface area contributed by atoms with Crippen LogP contribution in [0, 0.1) is 0 Å². The van der Waals surface area contributed by atoms with E-state index >= 15 is 0 Å². The molecule has 0 unspecified atom stereocenters. The molecule has 2 saturated heterocycles. The van der Waals surface area contributed by atoms with Gasteiger partial charge in [-0.25, -0.2) is 8.42 Å². The lowest BCUT2D eigenvalue weighted by molar-refractivity contribution is -0.128. The largest absolute Gasteiger partial charge is 0.352 e. The molecular formula is C20H30N4O3S. The third-order valence-corrected chi connectivity index (χ3v) is 8.11. The Kier molecular flexibility index (Phi) is 5.98. The minimum absolute atomic E-state index is 0.143. The summed E-state index contributed by atoms with van der Waals surface area (Å²) in [5.74, 6) is 1.10. The van der Waals surface area contributed by atoms with Crippen LogP contribution in [0.3, 0.4) is 0 Å². The zero-order chi connectivity index (χ0) is 20.4. The molecule has 1 amide bonds. The summed E-state index contributed by atoms with van der Waals surface area (Å²) in [5, 5.41) is 3.34. The molecule has 0 saturated carbocycles. The molecule has 0 radical (unpaired) electrons. The normalized spacial score (nSPS) is 21.8.